The third-order valence-corrected chi connectivity index (χ3v) is 8.86. The van der Waals surface area contributed by atoms with Crippen LogP contribution in [0, 0.1) is 25.7 Å². The van der Waals surface area contributed by atoms with E-state index >= 15 is 0 Å². The Morgan fingerprint density at radius 3 is 2.70 bits per heavy atom. The highest BCUT2D eigenvalue weighted by molar-refractivity contribution is 7.17. The zero-order chi connectivity index (χ0) is 23.5. The van der Waals surface area contributed by atoms with E-state index in [9.17, 15) is 9.59 Å². The fourth-order valence-electron chi connectivity index (χ4n) is 5.76. The van der Waals surface area contributed by atoms with Gasteiger partial charge in [0.25, 0.3) is 5.91 Å². The minimum absolute atomic E-state index is 0.0653. The first-order valence-corrected chi connectivity index (χ1v) is 12.9. The van der Waals surface area contributed by atoms with Crippen molar-refractivity contribution in [3.63, 3.8) is 0 Å². The molecule has 5 nitrogen and oxygen atoms in total. The maximum absolute atomic E-state index is 14.0. The summed E-state index contributed by atoms with van der Waals surface area (Å²) in [7, 11) is 0. The van der Waals surface area contributed by atoms with Crippen molar-refractivity contribution in [1.29, 1.82) is 0 Å². The minimum atomic E-state index is -1.03. The van der Waals surface area contributed by atoms with E-state index in [4.69, 9.17) is 0 Å². The summed E-state index contributed by atoms with van der Waals surface area (Å²) in [6, 6.07) is 10.2. The lowest BCUT2D eigenvalue weighted by Gasteiger charge is -2.46. The number of aromatic nitrogens is 1. The standard InChI is InChI=1S/C27H33N3O2S/c1-16-9-10-21(18(3)13-16)30-25(31)23-14-24-22(11-12-33-24)29(23)15-27(30,5)26(32)28-20-8-6-7-17(2)19(20)4/h9-14,17,19-20H,6-8,15H2,1-5H3,(H,28,32)/t17-,19-,20-,27-/m1/s1. The number of anilines is 1. The van der Waals surface area contributed by atoms with Crippen LogP contribution in [0.5, 0.6) is 0 Å². The molecule has 1 N–H and O–H groups in total. The number of thiophene rings is 1. The van der Waals surface area contributed by atoms with E-state index in [1.807, 2.05) is 55.0 Å². The molecule has 0 spiro atoms. The lowest BCUT2D eigenvalue weighted by molar-refractivity contribution is -0.128. The normalized spacial score (nSPS) is 27.6. The number of hydrogen-bond acceptors (Lipinski definition) is 3. The monoisotopic (exact) mass is 463 g/mol. The Morgan fingerprint density at radius 1 is 1.15 bits per heavy atom. The molecule has 3 aromatic rings. The summed E-state index contributed by atoms with van der Waals surface area (Å²) in [6.07, 6.45) is 3.33. The highest BCUT2D eigenvalue weighted by atomic mass is 32.1. The molecular formula is C27H33N3O2S. The fraction of sp³-hybridized carbons (Fsp3) is 0.481. The van der Waals surface area contributed by atoms with E-state index in [0.29, 0.717) is 24.1 Å². The first-order valence-electron chi connectivity index (χ1n) is 12.0. The number of fused-ring (bicyclic) bond motifs is 3. The van der Waals surface area contributed by atoms with Crippen molar-refractivity contribution in [2.24, 2.45) is 11.8 Å². The fourth-order valence-corrected chi connectivity index (χ4v) is 6.58. The molecule has 3 heterocycles. The van der Waals surface area contributed by atoms with E-state index in [0.717, 1.165) is 39.9 Å². The van der Waals surface area contributed by atoms with E-state index in [1.54, 1.807) is 16.2 Å². The smallest absolute Gasteiger partial charge is 0.275 e. The van der Waals surface area contributed by atoms with E-state index in [-0.39, 0.29) is 17.9 Å². The van der Waals surface area contributed by atoms with Crippen LogP contribution >= 0.6 is 11.3 Å². The first-order chi connectivity index (χ1) is 15.7. The highest BCUT2D eigenvalue weighted by Crippen LogP contribution is 2.39. The van der Waals surface area contributed by atoms with Crippen LogP contribution in [0.1, 0.15) is 61.6 Å². The molecule has 1 aromatic carbocycles. The number of benzene rings is 1. The van der Waals surface area contributed by atoms with Crippen molar-refractivity contribution in [3.8, 4) is 0 Å². The minimum Gasteiger partial charge on any atom is -0.351 e. The van der Waals surface area contributed by atoms with Crippen LogP contribution in [-0.2, 0) is 11.3 Å². The highest BCUT2D eigenvalue weighted by Gasteiger charge is 2.49. The van der Waals surface area contributed by atoms with Gasteiger partial charge in [-0.1, -0.05) is 44.4 Å². The molecule has 2 amide bonds. The number of carbonyl (C=O) groups excluding carboxylic acids is 2. The van der Waals surface area contributed by atoms with Crippen molar-refractivity contribution in [2.45, 2.75) is 72.0 Å². The van der Waals surface area contributed by atoms with Crippen LogP contribution < -0.4 is 10.2 Å². The summed E-state index contributed by atoms with van der Waals surface area (Å²) in [5, 5.41) is 5.42. The van der Waals surface area contributed by atoms with Gasteiger partial charge in [0.05, 0.1) is 16.8 Å². The van der Waals surface area contributed by atoms with Crippen LogP contribution in [0.4, 0.5) is 5.69 Å². The molecule has 2 aliphatic rings. The van der Waals surface area contributed by atoms with Gasteiger partial charge in [-0.05, 0) is 68.2 Å². The second-order valence-corrected chi connectivity index (χ2v) is 11.3. The van der Waals surface area contributed by atoms with Gasteiger partial charge < -0.3 is 9.88 Å². The van der Waals surface area contributed by atoms with E-state index < -0.39 is 5.54 Å². The summed E-state index contributed by atoms with van der Waals surface area (Å²) in [6.45, 7) is 10.9. The molecule has 1 aliphatic heterocycles. The Balaban J connectivity index is 1.60. The summed E-state index contributed by atoms with van der Waals surface area (Å²) >= 11 is 1.63. The van der Waals surface area contributed by atoms with Crippen molar-refractivity contribution in [3.05, 3.63) is 52.5 Å². The van der Waals surface area contributed by atoms with Gasteiger partial charge in [0.15, 0.2) is 0 Å². The zero-order valence-corrected chi connectivity index (χ0v) is 21.0. The number of carbonyl (C=O) groups is 2. The van der Waals surface area contributed by atoms with Crippen LogP contribution in [0.15, 0.2) is 35.7 Å². The summed E-state index contributed by atoms with van der Waals surface area (Å²) in [5.41, 5.74) is 3.61. The van der Waals surface area contributed by atoms with Gasteiger partial charge in [0.2, 0.25) is 5.91 Å². The molecule has 33 heavy (non-hydrogen) atoms. The first kappa shape index (κ1) is 22.2. The van der Waals surface area contributed by atoms with Gasteiger partial charge in [-0.25, -0.2) is 0 Å². The van der Waals surface area contributed by atoms with Gasteiger partial charge >= 0.3 is 0 Å². The molecule has 1 aliphatic carbocycles. The summed E-state index contributed by atoms with van der Waals surface area (Å²) < 4.78 is 3.12. The Morgan fingerprint density at radius 2 is 1.94 bits per heavy atom. The van der Waals surface area contributed by atoms with Crippen molar-refractivity contribution in [2.75, 3.05) is 4.90 Å². The van der Waals surface area contributed by atoms with Gasteiger partial charge in [-0.2, -0.15) is 0 Å². The Kier molecular flexibility index (Phi) is 5.39. The molecule has 6 heteroatoms. The lowest BCUT2D eigenvalue weighted by Crippen LogP contribution is -2.66. The molecule has 5 rings (SSSR count). The van der Waals surface area contributed by atoms with Crippen LogP contribution in [0.2, 0.25) is 0 Å². The maximum atomic E-state index is 14.0. The topological polar surface area (TPSA) is 54.3 Å². The third kappa shape index (κ3) is 3.50. The number of nitrogens with one attached hydrogen (secondary N) is 1. The molecule has 174 valence electrons. The van der Waals surface area contributed by atoms with Crippen LogP contribution in [0.25, 0.3) is 10.2 Å². The van der Waals surface area contributed by atoms with Gasteiger partial charge in [0.1, 0.15) is 11.2 Å². The van der Waals surface area contributed by atoms with Gasteiger partial charge in [-0.15, -0.1) is 11.3 Å². The number of hydrogen-bond donors (Lipinski definition) is 1. The maximum Gasteiger partial charge on any atom is 0.275 e. The molecule has 1 saturated carbocycles. The Bertz CT molecular complexity index is 1240. The van der Waals surface area contributed by atoms with E-state index in [2.05, 4.69) is 25.2 Å². The van der Waals surface area contributed by atoms with Crippen LogP contribution in [-0.4, -0.2) is 28.0 Å². The quantitative estimate of drug-likeness (QED) is 0.543. The van der Waals surface area contributed by atoms with Gasteiger partial charge in [-0.3, -0.25) is 14.5 Å². The predicted octanol–water partition coefficient (Wildman–Crippen LogP) is 5.68. The summed E-state index contributed by atoms with van der Waals surface area (Å²) in [5.74, 6) is 0.830. The third-order valence-electron chi connectivity index (χ3n) is 8.01. The molecule has 0 radical (unpaired) electrons. The summed E-state index contributed by atoms with van der Waals surface area (Å²) in [4.78, 5) is 29.8. The number of aryl methyl sites for hydroxylation is 2. The molecule has 4 atom stereocenters. The average molecular weight is 464 g/mol. The second kappa shape index (κ2) is 8.01. The predicted molar refractivity (Wildman–Crippen MR) is 135 cm³/mol. The largest absolute Gasteiger partial charge is 0.351 e. The Hall–Kier alpha value is -2.60. The number of nitrogens with zero attached hydrogens (tertiary/aromatic N) is 2. The molecular weight excluding hydrogens is 430 g/mol. The number of amides is 2. The van der Waals surface area contributed by atoms with Crippen molar-refractivity contribution >= 4 is 39.1 Å². The SMILES string of the molecule is Cc1ccc(N2C(=O)c3cc4sccc4n3C[C@]2(C)C(=O)N[C@@H]2CCC[C@@H](C)[C@H]2C)c(C)c1. The average Bonchev–Trinajstić information content (AvgIpc) is 3.35. The van der Waals surface area contributed by atoms with Crippen molar-refractivity contribution < 1.29 is 9.59 Å². The van der Waals surface area contributed by atoms with Crippen molar-refractivity contribution in [1.82, 2.24) is 9.88 Å². The molecule has 0 bridgehead atoms. The zero-order valence-electron chi connectivity index (χ0n) is 20.1. The molecule has 2 aromatic heterocycles. The molecule has 0 saturated heterocycles. The van der Waals surface area contributed by atoms with E-state index in [1.165, 1.54) is 6.42 Å². The van der Waals surface area contributed by atoms with Crippen LogP contribution in [0.3, 0.4) is 0 Å². The number of rotatable bonds is 3. The molecule has 1 fully saturated rings. The lowest BCUT2D eigenvalue weighted by atomic mass is 9.77. The Labute approximate surface area is 199 Å². The van der Waals surface area contributed by atoms with Gasteiger partial charge in [0, 0.05) is 11.7 Å². The molecule has 0 unspecified atom stereocenters. The second-order valence-electron chi connectivity index (χ2n) is 10.3.